The van der Waals surface area contributed by atoms with Gasteiger partial charge in [-0.1, -0.05) is 12.1 Å². The molecule has 0 bridgehead atoms. The first-order valence-corrected chi connectivity index (χ1v) is 8.05. The molecule has 3 rings (SSSR count). The average molecular weight is 326 g/mol. The highest BCUT2D eigenvalue weighted by atomic mass is 16.5. The van der Waals surface area contributed by atoms with Gasteiger partial charge in [0.2, 0.25) is 5.91 Å². The molecular formula is C18H22N4O2. The lowest BCUT2D eigenvalue weighted by atomic mass is 10.0. The maximum atomic E-state index is 12.0. The number of piperazine rings is 1. The highest BCUT2D eigenvalue weighted by Crippen LogP contribution is 2.27. The molecule has 1 amide bonds. The predicted octanol–water partition coefficient (Wildman–Crippen LogP) is 1.89. The Morgan fingerprint density at radius 1 is 1.21 bits per heavy atom. The summed E-state index contributed by atoms with van der Waals surface area (Å²) in [5.74, 6) is 0.931. The van der Waals surface area contributed by atoms with Crippen molar-refractivity contribution in [3.8, 4) is 5.75 Å². The summed E-state index contributed by atoms with van der Waals surface area (Å²) in [7, 11) is 1.65. The Morgan fingerprint density at radius 2 is 1.92 bits per heavy atom. The molecule has 1 aromatic heterocycles. The van der Waals surface area contributed by atoms with Crippen LogP contribution in [0.15, 0.2) is 43.0 Å². The molecule has 0 N–H and O–H groups in total. The first-order chi connectivity index (χ1) is 11.7. The van der Waals surface area contributed by atoms with Gasteiger partial charge in [0.05, 0.1) is 13.2 Å². The number of hydrogen-bond donors (Lipinski definition) is 0. The zero-order valence-electron chi connectivity index (χ0n) is 14.1. The number of aromatic nitrogens is 2. The zero-order valence-corrected chi connectivity index (χ0v) is 14.1. The average Bonchev–Trinajstić information content (AvgIpc) is 2.62. The van der Waals surface area contributed by atoms with Crippen molar-refractivity contribution in [2.45, 2.75) is 19.5 Å². The van der Waals surface area contributed by atoms with Crippen molar-refractivity contribution in [2.24, 2.45) is 0 Å². The van der Waals surface area contributed by atoms with E-state index in [0.717, 1.165) is 43.1 Å². The van der Waals surface area contributed by atoms with Crippen LogP contribution in [0.1, 0.15) is 24.1 Å². The summed E-state index contributed by atoms with van der Waals surface area (Å²) in [6.45, 7) is 4.79. The monoisotopic (exact) mass is 326 g/mol. The molecule has 1 fully saturated rings. The second-order valence-corrected chi connectivity index (χ2v) is 5.98. The van der Waals surface area contributed by atoms with Gasteiger partial charge < -0.3 is 9.64 Å². The number of hydrogen-bond acceptors (Lipinski definition) is 5. The van der Waals surface area contributed by atoms with Crippen LogP contribution in [0.3, 0.4) is 0 Å². The molecule has 1 aliphatic heterocycles. The second-order valence-electron chi connectivity index (χ2n) is 5.98. The topological polar surface area (TPSA) is 58.6 Å². The van der Waals surface area contributed by atoms with Gasteiger partial charge in [-0.25, -0.2) is 9.97 Å². The van der Waals surface area contributed by atoms with Crippen LogP contribution in [0, 0.1) is 0 Å². The lowest BCUT2D eigenvalue weighted by Crippen LogP contribution is -2.49. The second kappa shape index (κ2) is 7.40. The van der Waals surface area contributed by atoms with Gasteiger partial charge in [-0.05, 0) is 17.7 Å². The summed E-state index contributed by atoms with van der Waals surface area (Å²) < 4.78 is 5.23. The van der Waals surface area contributed by atoms with E-state index in [-0.39, 0.29) is 11.9 Å². The Morgan fingerprint density at radius 3 is 2.54 bits per heavy atom. The minimum atomic E-state index is 0.0480. The number of carbonyl (C=O) groups excluding carboxylic acids is 1. The van der Waals surface area contributed by atoms with Gasteiger partial charge in [0.1, 0.15) is 12.1 Å². The van der Waals surface area contributed by atoms with Crippen molar-refractivity contribution in [3.05, 3.63) is 54.1 Å². The smallest absolute Gasteiger partial charge is 0.220 e. The summed E-state index contributed by atoms with van der Waals surface area (Å²) in [6.07, 6.45) is 5.22. The maximum Gasteiger partial charge on any atom is 0.220 e. The molecule has 0 unspecified atom stereocenters. The van der Waals surface area contributed by atoms with Crippen molar-refractivity contribution in [1.29, 1.82) is 0 Å². The third-order valence-corrected chi connectivity index (χ3v) is 4.39. The van der Waals surface area contributed by atoms with Gasteiger partial charge in [-0.3, -0.25) is 9.69 Å². The van der Waals surface area contributed by atoms with E-state index in [1.54, 1.807) is 14.0 Å². The molecule has 0 spiro atoms. The van der Waals surface area contributed by atoms with Crippen LogP contribution < -0.4 is 4.74 Å². The van der Waals surface area contributed by atoms with Crippen molar-refractivity contribution in [3.63, 3.8) is 0 Å². The molecule has 6 heteroatoms. The third kappa shape index (κ3) is 3.71. The molecule has 1 saturated heterocycles. The molecule has 0 saturated carbocycles. The lowest BCUT2D eigenvalue weighted by molar-refractivity contribution is -0.134. The van der Waals surface area contributed by atoms with Crippen LogP contribution in [0.5, 0.6) is 5.75 Å². The number of rotatable bonds is 4. The summed E-state index contributed by atoms with van der Waals surface area (Å²) in [5, 5.41) is 0. The van der Waals surface area contributed by atoms with Gasteiger partial charge in [0, 0.05) is 51.1 Å². The van der Waals surface area contributed by atoms with Gasteiger partial charge in [-0.2, -0.15) is 0 Å². The maximum absolute atomic E-state index is 12.0. The molecule has 6 nitrogen and oxygen atoms in total. The lowest BCUT2D eigenvalue weighted by Gasteiger charge is -2.41. The van der Waals surface area contributed by atoms with E-state index in [9.17, 15) is 4.79 Å². The molecule has 0 aliphatic carbocycles. The van der Waals surface area contributed by atoms with E-state index < -0.39 is 0 Å². The normalized spacial score (nSPS) is 18.4. The minimum absolute atomic E-state index is 0.0480. The van der Waals surface area contributed by atoms with Crippen molar-refractivity contribution < 1.29 is 9.53 Å². The summed E-state index contributed by atoms with van der Waals surface area (Å²) in [4.78, 5) is 24.5. The molecule has 1 atom stereocenters. The highest BCUT2D eigenvalue weighted by molar-refractivity contribution is 5.74. The Hall–Kier alpha value is -2.47. The van der Waals surface area contributed by atoms with E-state index in [4.69, 9.17) is 4.74 Å². The van der Waals surface area contributed by atoms with E-state index in [1.807, 2.05) is 41.6 Å². The SMILES string of the molecule is COc1ccc([C@@H]2CN(Cc3cncnc3)CCN2C(C)=O)cc1. The molecule has 2 aromatic rings. The Kier molecular flexibility index (Phi) is 5.05. The van der Waals surface area contributed by atoms with E-state index in [2.05, 4.69) is 14.9 Å². The van der Waals surface area contributed by atoms with Crippen LogP contribution in [0.25, 0.3) is 0 Å². The zero-order chi connectivity index (χ0) is 16.9. The molecule has 24 heavy (non-hydrogen) atoms. The molecule has 1 aromatic carbocycles. The highest BCUT2D eigenvalue weighted by Gasteiger charge is 2.29. The van der Waals surface area contributed by atoms with Crippen molar-refractivity contribution >= 4 is 5.91 Å². The Labute approximate surface area is 142 Å². The first-order valence-electron chi connectivity index (χ1n) is 8.05. The number of benzene rings is 1. The molecule has 126 valence electrons. The molecular weight excluding hydrogens is 304 g/mol. The number of nitrogens with zero attached hydrogens (tertiary/aromatic N) is 4. The van der Waals surface area contributed by atoms with Crippen molar-refractivity contribution in [2.75, 3.05) is 26.7 Å². The van der Waals surface area contributed by atoms with Crippen LogP contribution in [0.4, 0.5) is 0 Å². The van der Waals surface area contributed by atoms with Crippen LogP contribution in [0.2, 0.25) is 0 Å². The van der Waals surface area contributed by atoms with Crippen LogP contribution in [-0.2, 0) is 11.3 Å². The fraction of sp³-hybridized carbons (Fsp3) is 0.389. The first kappa shape index (κ1) is 16.4. The molecule has 1 aliphatic rings. The predicted molar refractivity (Wildman–Crippen MR) is 90.4 cm³/mol. The number of ether oxygens (including phenoxy) is 1. The third-order valence-electron chi connectivity index (χ3n) is 4.39. The van der Waals surface area contributed by atoms with E-state index in [0.29, 0.717) is 0 Å². The van der Waals surface area contributed by atoms with Gasteiger partial charge in [-0.15, -0.1) is 0 Å². The van der Waals surface area contributed by atoms with Gasteiger partial charge in [0.25, 0.3) is 0 Å². The van der Waals surface area contributed by atoms with E-state index in [1.165, 1.54) is 6.33 Å². The summed E-state index contributed by atoms with van der Waals surface area (Å²) >= 11 is 0. The quantitative estimate of drug-likeness (QED) is 0.859. The largest absolute Gasteiger partial charge is 0.497 e. The fourth-order valence-corrected chi connectivity index (χ4v) is 3.14. The van der Waals surface area contributed by atoms with Gasteiger partial charge >= 0.3 is 0 Å². The number of amides is 1. The minimum Gasteiger partial charge on any atom is -0.497 e. The molecule has 2 heterocycles. The fourth-order valence-electron chi connectivity index (χ4n) is 3.14. The Balaban J connectivity index is 1.77. The van der Waals surface area contributed by atoms with Crippen LogP contribution >= 0.6 is 0 Å². The van der Waals surface area contributed by atoms with E-state index >= 15 is 0 Å². The number of methoxy groups -OCH3 is 1. The Bertz CT molecular complexity index is 675. The standard InChI is InChI=1S/C18H22N4O2/c1-14(23)22-8-7-21(11-15-9-19-13-20-10-15)12-18(22)16-3-5-17(24-2)6-4-16/h3-6,9-10,13,18H,7-8,11-12H2,1-2H3/t18-/m0/s1. The van der Waals surface area contributed by atoms with Gasteiger partial charge in [0.15, 0.2) is 0 Å². The number of carbonyl (C=O) groups is 1. The van der Waals surface area contributed by atoms with Crippen molar-refractivity contribution in [1.82, 2.24) is 19.8 Å². The van der Waals surface area contributed by atoms with Crippen LogP contribution in [-0.4, -0.2) is 52.4 Å². The summed E-state index contributed by atoms with van der Waals surface area (Å²) in [5.41, 5.74) is 2.21. The summed E-state index contributed by atoms with van der Waals surface area (Å²) in [6, 6.07) is 8.00. The molecule has 0 radical (unpaired) electrons.